The van der Waals surface area contributed by atoms with Gasteiger partial charge in [0.05, 0.1) is 5.41 Å². The summed E-state index contributed by atoms with van der Waals surface area (Å²) in [5.41, 5.74) is 0.456. The summed E-state index contributed by atoms with van der Waals surface area (Å²) < 4.78 is 11.2. The van der Waals surface area contributed by atoms with Gasteiger partial charge in [0.25, 0.3) is 0 Å². The van der Waals surface area contributed by atoms with Gasteiger partial charge in [0, 0.05) is 7.64 Å². The van der Waals surface area contributed by atoms with Crippen LogP contribution in [-0.4, -0.2) is 25.3 Å². The number of rotatable bonds is 5. The molecule has 5 nitrogen and oxygen atoms in total. The molecule has 1 aromatic rings. The van der Waals surface area contributed by atoms with Crippen molar-refractivity contribution in [3.8, 4) is 11.5 Å². The molecule has 0 saturated heterocycles. The zero-order chi connectivity index (χ0) is 16.3. The fraction of sp³-hybridized carbons (Fsp3) is 0.333. The van der Waals surface area contributed by atoms with Crippen LogP contribution in [0.5, 0.6) is 11.5 Å². The molecule has 0 aromatic heterocycles. The van der Waals surface area contributed by atoms with Crippen molar-refractivity contribution < 1.29 is 15.7 Å². The number of carbonyl (C=O) groups is 1. The smallest absolute Gasteiger partial charge is 0.236 e. The summed E-state index contributed by atoms with van der Waals surface area (Å²) in [6.45, 7) is 6.54. The highest BCUT2D eigenvalue weighted by Crippen LogP contribution is 2.50. The van der Waals surface area contributed by atoms with Gasteiger partial charge in [-0.05, 0) is 43.5 Å². The molecule has 1 aliphatic heterocycles. The first-order chi connectivity index (χ1) is 11.2. The van der Waals surface area contributed by atoms with Crippen LogP contribution in [0.1, 0.15) is 26.8 Å². The van der Waals surface area contributed by atoms with Crippen LogP contribution in [0.2, 0.25) is 0 Å². The number of nitrogens with one attached hydrogen (secondary N) is 1. The minimum Gasteiger partial charge on any atom is -0.486 e. The van der Waals surface area contributed by atoms with E-state index in [1.54, 1.807) is 25.3 Å². The van der Waals surface area contributed by atoms with E-state index in [4.69, 9.17) is 9.47 Å². The fourth-order valence-corrected chi connectivity index (χ4v) is 2.72. The van der Waals surface area contributed by atoms with Gasteiger partial charge >= 0.3 is 0 Å². The number of aliphatic imine (C=N–C) groups is 1. The quantitative estimate of drug-likeness (QED) is 0.671. The van der Waals surface area contributed by atoms with E-state index in [0.29, 0.717) is 24.8 Å². The largest absolute Gasteiger partial charge is 0.486 e. The van der Waals surface area contributed by atoms with Crippen LogP contribution in [0, 0.1) is 0 Å². The van der Waals surface area contributed by atoms with Crippen LogP contribution in [0.15, 0.2) is 47.7 Å². The molecule has 1 saturated carbocycles. The molecule has 1 N–H and O–H groups in total. The van der Waals surface area contributed by atoms with Crippen LogP contribution in [-0.2, 0) is 10.2 Å². The van der Waals surface area contributed by atoms with Crippen molar-refractivity contribution in [1.29, 1.82) is 0 Å². The average Bonchev–Trinajstić information content (AvgIpc) is 3.37. The Labute approximate surface area is 137 Å². The summed E-state index contributed by atoms with van der Waals surface area (Å²) in [7, 11) is 0. The molecule has 5 heteroatoms. The van der Waals surface area contributed by atoms with E-state index in [0.717, 1.165) is 24.2 Å². The summed E-state index contributed by atoms with van der Waals surface area (Å²) >= 11 is 0. The molecular weight excluding hydrogens is 292 g/mol. The molecule has 0 radical (unpaired) electrons. The molecule has 0 spiro atoms. The van der Waals surface area contributed by atoms with Crippen LogP contribution >= 0.6 is 0 Å². The summed E-state index contributed by atoms with van der Waals surface area (Å²) in [4.78, 5) is 16.9. The Bertz CT molecular complexity index is 694. The van der Waals surface area contributed by atoms with E-state index in [1.165, 1.54) is 0 Å². The second kappa shape index (κ2) is 6.28. The van der Waals surface area contributed by atoms with Gasteiger partial charge < -0.3 is 14.8 Å². The highest BCUT2D eigenvalue weighted by atomic mass is 16.6. The lowest BCUT2D eigenvalue weighted by Crippen LogP contribution is -2.34. The molecule has 0 bridgehead atoms. The summed E-state index contributed by atoms with van der Waals surface area (Å²) in [6.07, 6.45) is 6.55. The Morgan fingerprint density at radius 1 is 1.35 bits per heavy atom. The molecule has 1 heterocycles. The predicted octanol–water partition coefficient (Wildman–Crippen LogP) is 2.97. The number of benzene rings is 1. The number of hydrogen-bond acceptors (Lipinski definition) is 4. The maximum absolute atomic E-state index is 12.7. The Hall–Kier alpha value is -2.56. The first-order valence-electron chi connectivity index (χ1n) is 7.72. The van der Waals surface area contributed by atoms with Gasteiger partial charge in [-0.1, -0.05) is 18.7 Å². The Kier molecular flexibility index (Phi) is 4.19. The van der Waals surface area contributed by atoms with E-state index in [9.17, 15) is 4.79 Å². The van der Waals surface area contributed by atoms with E-state index in [1.807, 2.05) is 18.2 Å². The van der Waals surface area contributed by atoms with Crippen molar-refractivity contribution in [3.05, 3.63) is 48.3 Å². The lowest BCUT2D eigenvalue weighted by molar-refractivity contribution is -0.122. The predicted molar refractivity (Wildman–Crippen MR) is 91.0 cm³/mol. The first kappa shape index (κ1) is 15.3. The molecule has 1 aliphatic carbocycles. The van der Waals surface area contributed by atoms with Gasteiger partial charge in [0.2, 0.25) is 5.91 Å². The summed E-state index contributed by atoms with van der Waals surface area (Å²) in [6, 6.07) is 5.74. The maximum atomic E-state index is 12.7. The summed E-state index contributed by atoms with van der Waals surface area (Å²) in [5.74, 6) is 1.89. The molecular formula is C18H22N2O3. The van der Waals surface area contributed by atoms with E-state index in [-0.39, 0.29) is 7.33 Å². The second-order valence-corrected chi connectivity index (χ2v) is 5.57. The SMILES string of the molecule is C=C/C=C(\N=C/C)NC(=O)C1(c2ccc3c(c2)OCCO3)CC1.[HH]. The van der Waals surface area contributed by atoms with Crippen molar-refractivity contribution in [3.63, 3.8) is 0 Å². The minimum atomic E-state index is -0.501. The van der Waals surface area contributed by atoms with Crippen molar-refractivity contribution in [2.75, 3.05) is 13.2 Å². The maximum Gasteiger partial charge on any atom is 0.236 e. The Morgan fingerprint density at radius 2 is 2.09 bits per heavy atom. The molecule has 23 heavy (non-hydrogen) atoms. The lowest BCUT2D eigenvalue weighted by atomic mass is 9.94. The highest BCUT2D eigenvalue weighted by molar-refractivity contribution is 5.92. The van der Waals surface area contributed by atoms with Gasteiger partial charge in [-0.25, -0.2) is 4.99 Å². The zero-order valence-electron chi connectivity index (χ0n) is 13.2. The molecule has 1 fully saturated rings. The van der Waals surface area contributed by atoms with Crippen LogP contribution < -0.4 is 14.8 Å². The van der Waals surface area contributed by atoms with E-state index in [2.05, 4.69) is 16.9 Å². The standard InChI is InChI=1S/C18H20N2O3.H2/c1-3-5-16(19-4-2)20-17(21)18(8-9-18)13-6-7-14-15(12-13)23-11-10-22-14;/h3-7,12H,1,8-11H2,2H3,(H,20,21);1H/b16-5+,19-4-;. The molecule has 122 valence electrons. The molecule has 1 amide bonds. The molecule has 0 atom stereocenters. The van der Waals surface area contributed by atoms with Crippen LogP contribution in [0.4, 0.5) is 0 Å². The van der Waals surface area contributed by atoms with E-state index < -0.39 is 5.41 Å². The minimum absolute atomic E-state index is 0. The average molecular weight is 314 g/mol. The normalized spacial score (nSPS) is 18.6. The van der Waals surface area contributed by atoms with Crippen molar-refractivity contribution >= 4 is 12.1 Å². The Balaban J connectivity index is 0.00000208. The Morgan fingerprint density at radius 3 is 2.74 bits per heavy atom. The number of hydrogen-bond donors (Lipinski definition) is 1. The summed E-state index contributed by atoms with van der Waals surface area (Å²) in [5, 5.41) is 2.88. The zero-order valence-corrected chi connectivity index (χ0v) is 13.2. The second-order valence-electron chi connectivity index (χ2n) is 5.57. The number of allylic oxidation sites excluding steroid dienone is 2. The molecule has 3 rings (SSSR count). The third-order valence-electron chi connectivity index (χ3n) is 4.06. The molecule has 1 aromatic carbocycles. The number of ether oxygens (including phenoxy) is 2. The number of fused-ring (bicyclic) bond motifs is 1. The number of carbonyl (C=O) groups excluding carboxylic acids is 1. The van der Waals surface area contributed by atoms with Crippen LogP contribution in [0.25, 0.3) is 0 Å². The monoisotopic (exact) mass is 314 g/mol. The third-order valence-corrected chi connectivity index (χ3v) is 4.06. The number of nitrogens with zero attached hydrogens (tertiary/aromatic N) is 1. The van der Waals surface area contributed by atoms with Gasteiger partial charge in [-0.2, -0.15) is 0 Å². The first-order valence-corrected chi connectivity index (χ1v) is 7.72. The van der Waals surface area contributed by atoms with Gasteiger partial charge in [-0.3, -0.25) is 4.79 Å². The van der Waals surface area contributed by atoms with Crippen molar-refractivity contribution in [1.82, 2.24) is 5.32 Å². The fourth-order valence-electron chi connectivity index (χ4n) is 2.72. The molecule has 2 aliphatic rings. The van der Waals surface area contributed by atoms with Gasteiger partial charge in [0.1, 0.15) is 19.0 Å². The highest BCUT2D eigenvalue weighted by Gasteiger charge is 2.51. The third kappa shape index (κ3) is 2.99. The van der Waals surface area contributed by atoms with Crippen molar-refractivity contribution in [2.45, 2.75) is 25.2 Å². The topological polar surface area (TPSA) is 59.9 Å². The van der Waals surface area contributed by atoms with Crippen molar-refractivity contribution in [2.24, 2.45) is 4.99 Å². The number of amides is 1. The van der Waals surface area contributed by atoms with E-state index >= 15 is 0 Å². The van der Waals surface area contributed by atoms with Gasteiger partial charge in [0.15, 0.2) is 11.5 Å². The lowest BCUT2D eigenvalue weighted by Gasteiger charge is -2.21. The molecule has 0 unspecified atom stereocenters. The van der Waals surface area contributed by atoms with Gasteiger partial charge in [-0.15, -0.1) is 0 Å². The van der Waals surface area contributed by atoms with Crippen LogP contribution in [0.3, 0.4) is 0 Å².